The number of hydrogen-bond acceptors (Lipinski definition) is 6. The number of rotatable bonds is 6. The summed E-state index contributed by atoms with van der Waals surface area (Å²) in [5, 5.41) is 3.09. The van der Waals surface area contributed by atoms with Crippen LogP contribution in [-0.2, 0) is 19.1 Å². The first kappa shape index (κ1) is 26.9. The van der Waals surface area contributed by atoms with E-state index in [1.54, 1.807) is 17.0 Å². The molecule has 9 nitrogen and oxygen atoms in total. The second-order valence-corrected chi connectivity index (χ2v) is 10.7. The third-order valence-electron chi connectivity index (χ3n) is 6.51. The number of hydrogen-bond donors (Lipinski definition) is 2. The molecule has 3 rings (SSSR count). The zero-order valence-electron chi connectivity index (χ0n) is 21.5. The first-order valence-electron chi connectivity index (χ1n) is 12.4. The summed E-state index contributed by atoms with van der Waals surface area (Å²) in [5.74, 6) is -0.386. The van der Waals surface area contributed by atoms with E-state index in [0.717, 1.165) is 24.8 Å². The number of nitrogens with zero attached hydrogens (tertiary/aromatic N) is 1. The smallest absolute Gasteiger partial charge is 0.410 e. The van der Waals surface area contributed by atoms with Crippen molar-refractivity contribution >= 4 is 17.9 Å². The van der Waals surface area contributed by atoms with Crippen LogP contribution in [0.2, 0.25) is 0 Å². The van der Waals surface area contributed by atoms with Crippen molar-refractivity contribution < 1.29 is 28.7 Å². The van der Waals surface area contributed by atoms with Gasteiger partial charge in [-0.3, -0.25) is 9.59 Å². The molecule has 0 aliphatic carbocycles. The molecular formula is C26H39N3O6. The van der Waals surface area contributed by atoms with Gasteiger partial charge in [-0.05, 0) is 71.1 Å². The first-order valence-corrected chi connectivity index (χ1v) is 12.4. The molecule has 194 valence electrons. The number of piperidine rings is 1. The highest BCUT2D eigenvalue weighted by Gasteiger charge is 2.39. The van der Waals surface area contributed by atoms with Gasteiger partial charge in [-0.2, -0.15) is 0 Å². The highest BCUT2D eigenvalue weighted by atomic mass is 16.8. The van der Waals surface area contributed by atoms with Gasteiger partial charge in [0.05, 0.1) is 6.04 Å². The monoisotopic (exact) mass is 489 g/mol. The molecule has 9 heteroatoms. The van der Waals surface area contributed by atoms with Crippen molar-refractivity contribution in [1.29, 1.82) is 0 Å². The summed E-state index contributed by atoms with van der Waals surface area (Å²) in [6.45, 7) is 11.0. The van der Waals surface area contributed by atoms with Gasteiger partial charge in [0.1, 0.15) is 5.60 Å². The topological polar surface area (TPSA) is 106 Å². The highest BCUT2D eigenvalue weighted by molar-refractivity contribution is 5.93. The lowest BCUT2D eigenvalue weighted by atomic mass is 9.79. The molecule has 0 bridgehead atoms. The molecule has 2 N–H and O–H groups in total. The summed E-state index contributed by atoms with van der Waals surface area (Å²) in [6, 6.07) is 6.83. The van der Waals surface area contributed by atoms with E-state index in [0.29, 0.717) is 38.1 Å². The molecule has 35 heavy (non-hydrogen) atoms. The Labute approximate surface area is 207 Å². The maximum absolute atomic E-state index is 13.1. The number of nitrogens with one attached hydrogen (secondary N) is 2. The molecule has 3 amide bonds. The van der Waals surface area contributed by atoms with Crippen LogP contribution in [0, 0.1) is 5.41 Å². The van der Waals surface area contributed by atoms with Gasteiger partial charge in [-0.1, -0.05) is 19.1 Å². The van der Waals surface area contributed by atoms with E-state index < -0.39 is 17.3 Å². The molecule has 2 atom stereocenters. The van der Waals surface area contributed by atoms with Crippen molar-refractivity contribution in [3.63, 3.8) is 0 Å². The Hall–Kier alpha value is -2.65. The number of carbonyl (C=O) groups excluding carboxylic acids is 3. The number of ether oxygens (including phenoxy) is 2. The third-order valence-corrected chi connectivity index (χ3v) is 6.51. The Morgan fingerprint density at radius 2 is 1.77 bits per heavy atom. The van der Waals surface area contributed by atoms with Crippen LogP contribution in [-0.4, -0.2) is 54.4 Å². The molecular weight excluding hydrogens is 450 g/mol. The van der Waals surface area contributed by atoms with Crippen molar-refractivity contribution in [3.8, 4) is 0 Å². The van der Waals surface area contributed by atoms with Crippen molar-refractivity contribution in [2.75, 3.05) is 19.7 Å². The van der Waals surface area contributed by atoms with E-state index in [2.05, 4.69) is 10.8 Å². The van der Waals surface area contributed by atoms with Crippen LogP contribution in [0.1, 0.15) is 88.7 Å². The van der Waals surface area contributed by atoms with Crippen LogP contribution < -0.4 is 10.8 Å². The Kier molecular flexibility index (Phi) is 8.77. The van der Waals surface area contributed by atoms with E-state index in [9.17, 15) is 14.4 Å². The van der Waals surface area contributed by atoms with Crippen molar-refractivity contribution in [3.05, 3.63) is 35.4 Å². The zero-order chi connectivity index (χ0) is 25.6. The molecule has 1 aromatic carbocycles. The molecule has 2 saturated heterocycles. The normalized spacial score (nSPS) is 21.1. The van der Waals surface area contributed by atoms with Crippen LogP contribution in [0.5, 0.6) is 0 Å². The van der Waals surface area contributed by atoms with Crippen molar-refractivity contribution in [2.24, 2.45) is 5.41 Å². The number of likely N-dealkylation sites (tertiary alicyclic amines) is 1. The number of amides is 3. The summed E-state index contributed by atoms with van der Waals surface area (Å²) < 4.78 is 10.9. The fourth-order valence-electron chi connectivity index (χ4n) is 4.10. The van der Waals surface area contributed by atoms with Gasteiger partial charge < -0.3 is 19.7 Å². The lowest BCUT2D eigenvalue weighted by Gasteiger charge is -2.39. The van der Waals surface area contributed by atoms with Gasteiger partial charge >= 0.3 is 6.09 Å². The minimum Gasteiger partial charge on any atom is -0.444 e. The summed E-state index contributed by atoms with van der Waals surface area (Å²) >= 11 is 0. The largest absolute Gasteiger partial charge is 0.444 e. The summed E-state index contributed by atoms with van der Waals surface area (Å²) in [5.41, 5.74) is 2.70. The second-order valence-electron chi connectivity index (χ2n) is 10.7. The zero-order valence-corrected chi connectivity index (χ0v) is 21.5. The SMILES string of the molecule is C[C@@H](NC(=O)C1(C)CCN(C(=O)OC(C)(C)C)CC1)c1ccc(C(=O)NOC2CCCCO2)cc1. The lowest BCUT2D eigenvalue weighted by Crippen LogP contribution is -2.50. The second kappa shape index (κ2) is 11.4. The molecule has 0 aromatic heterocycles. The van der Waals surface area contributed by atoms with Crippen LogP contribution in [0.4, 0.5) is 4.79 Å². The van der Waals surface area contributed by atoms with E-state index in [1.807, 2.05) is 46.8 Å². The molecule has 0 radical (unpaired) electrons. The third kappa shape index (κ3) is 7.67. The van der Waals surface area contributed by atoms with E-state index in [-0.39, 0.29) is 23.9 Å². The maximum Gasteiger partial charge on any atom is 0.410 e. The van der Waals surface area contributed by atoms with Crippen LogP contribution >= 0.6 is 0 Å². The molecule has 2 aliphatic heterocycles. The summed E-state index contributed by atoms with van der Waals surface area (Å²) in [6.07, 6.45) is 3.17. The minimum atomic E-state index is -0.564. The highest BCUT2D eigenvalue weighted by Crippen LogP contribution is 2.32. The number of hydroxylamine groups is 1. The quantitative estimate of drug-likeness (QED) is 0.583. The Morgan fingerprint density at radius 3 is 2.34 bits per heavy atom. The predicted molar refractivity (Wildman–Crippen MR) is 130 cm³/mol. The van der Waals surface area contributed by atoms with Crippen molar-refractivity contribution in [2.45, 2.75) is 84.7 Å². The van der Waals surface area contributed by atoms with Gasteiger partial charge in [0.2, 0.25) is 5.91 Å². The standard InChI is InChI=1S/C26H39N3O6/c1-18(19-9-11-20(12-10-19)22(30)28-35-21-8-6-7-17-33-21)27-23(31)26(5)13-15-29(16-14-26)24(32)34-25(2,3)4/h9-12,18,21H,6-8,13-17H2,1-5H3,(H,27,31)(H,28,30)/t18-,21?/m1/s1. The average Bonchev–Trinajstić information content (AvgIpc) is 2.82. The molecule has 1 unspecified atom stereocenters. The van der Waals surface area contributed by atoms with E-state index >= 15 is 0 Å². The first-order chi connectivity index (χ1) is 16.5. The fraction of sp³-hybridized carbons (Fsp3) is 0.654. The lowest BCUT2D eigenvalue weighted by molar-refractivity contribution is -0.186. The molecule has 0 spiro atoms. The summed E-state index contributed by atoms with van der Waals surface area (Å²) in [7, 11) is 0. The Bertz CT molecular complexity index is 881. The van der Waals surface area contributed by atoms with Gasteiger partial charge in [-0.25, -0.2) is 15.1 Å². The van der Waals surface area contributed by atoms with Gasteiger partial charge in [0.25, 0.3) is 5.91 Å². The van der Waals surface area contributed by atoms with Crippen LogP contribution in [0.15, 0.2) is 24.3 Å². The molecule has 2 aliphatic rings. The van der Waals surface area contributed by atoms with E-state index in [4.69, 9.17) is 14.3 Å². The number of carbonyl (C=O) groups is 3. The summed E-state index contributed by atoms with van der Waals surface area (Å²) in [4.78, 5) is 44.8. The Balaban J connectivity index is 1.48. The van der Waals surface area contributed by atoms with Crippen molar-refractivity contribution in [1.82, 2.24) is 15.7 Å². The minimum absolute atomic E-state index is 0.0449. The average molecular weight is 490 g/mol. The molecule has 2 fully saturated rings. The van der Waals surface area contributed by atoms with Gasteiger partial charge in [-0.15, -0.1) is 0 Å². The number of benzene rings is 1. The van der Waals surface area contributed by atoms with Crippen LogP contribution in [0.3, 0.4) is 0 Å². The molecule has 1 aromatic rings. The van der Waals surface area contributed by atoms with Gasteiger partial charge in [0.15, 0.2) is 6.29 Å². The predicted octanol–water partition coefficient (Wildman–Crippen LogP) is 4.09. The van der Waals surface area contributed by atoms with E-state index in [1.165, 1.54) is 0 Å². The Morgan fingerprint density at radius 1 is 1.11 bits per heavy atom. The molecule has 0 saturated carbocycles. The van der Waals surface area contributed by atoms with Crippen LogP contribution in [0.25, 0.3) is 0 Å². The fourth-order valence-corrected chi connectivity index (χ4v) is 4.10. The van der Waals surface area contributed by atoms with Gasteiger partial charge in [0, 0.05) is 37.1 Å². The maximum atomic E-state index is 13.1. The molecule has 2 heterocycles.